The summed E-state index contributed by atoms with van der Waals surface area (Å²) < 4.78 is 4.51. The Bertz CT molecular complexity index is 670. The predicted molar refractivity (Wildman–Crippen MR) is 93.0 cm³/mol. The highest BCUT2D eigenvalue weighted by atomic mass is 16.5. The van der Waals surface area contributed by atoms with Gasteiger partial charge in [0.1, 0.15) is 12.6 Å². The first-order valence-electron chi connectivity index (χ1n) is 7.65. The highest BCUT2D eigenvalue weighted by molar-refractivity contribution is 6.13. The zero-order valence-electron chi connectivity index (χ0n) is 13.7. The number of carbonyl (C=O) groups is 2. The minimum atomic E-state index is -0.634. The Morgan fingerprint density at radius 2 is 1.50 bits per heavy atom. The van der Waals surface area contributed by atoms with Crippen LogP contribution in [0.1, 0.15) is 18.1 Å². The molecule has 2 aromatic carbocycles. The molecule has 0 fully saturated rings. The molecule has 0 aliphatic rings. The molecule has 24 heavy (non-hydrogen) atoms. The van der Waals surface area contributed by atoms with Crippen molar-refractivity contribution in [2.75, 3.05) is 13.7 Å². The summed E-state index contributed by atoms with van der Waals surface area (Å²) in [6, 6.07) is 18.7. The number of hydrogen-bond acceptors (Lipinski definition) is 4. The van der Waals surface area contributed by atoms with Gasteiger partial charge in [-0.05, 0) is 6.92 Å². The van der Waals surface area contributed by atoms with Crippen LogP contribution in [0.15, 0.2) is 65.7 Å². The van der Waals surface area contributed by atoms with Crippen LogP contribution in [0, 0.1) is 0 Å². The van der Waals surface area contributed by atoms with E-state index in [4.69, 9.17) is 0 Å². The monoisotopic (exact) mass is 324 g/mol. The van der Waals surface area contributed by atoms with Gasteiger partial charge in [-0.15, -0.1) is 0 Å². The second kappa shape index (κ2) is 8.62. The molecule has 1 amide bonds. The van der Waals surface area contributed by atoms with Crippen molar-refractivity contribution in [1.82, 2.24) is 5.32 Å². The largest absolute Gasteiger partial charge is 0.468 e. The quantitative estimate of drug-likeness (QED) is 0.654. The van der Waals surface area contributed by atoms with Crippen LogP contribution in [0.5, 0.6) is 0 Å². The minimum absolute atomic E-state index is 0.165. The highest BCUT2D eigenvalue weighted by Crippen LogP contribution is 2.12. The van der Waals surface area contributed by atoms with E-state index in [1.807, 2.05) is 60.7 Å². The standard InChI is InChI=1S/C19H20N2O3/c1-14(19(23)20-13-17(22)24-2)21-18(15-9-5-3-6-10-15)16-11-7-4-8-12-16/h3-12,14H,13H2,1-2H3,(H,20,23). The predicted octanol–water partition coefficient (Wildman–Crippen LogP) is 2.20. The lowest BCUT2D eigenvalue weighted by Crippen LogP contribution is -2.36. The normalized spacial score (nSPS) is 11.2. The van der Waals surface area contributed by atoms with Crippen molar-refractivity contribution < 1.29 is 14.3 Å². The van der Waals surface area contributed by atoms with E-state index in [9.17, 15) is 9.59 Å². The van der Waals surface area contributed by atoms with Crippen LogP contribution in [-0.2, 0) is 14.3 Å². The summed E-state index contributed by atoms with van der Waals surface area (Å²) >= 11 is 0. The van der Waals surface area contributed by atoms with Gasteiger partial charge in [-0.25, -0.2) is 0 Å². The van der Waals surface area contributed by atoms with E-state index >= 15 is 0 Å². The summed E-state index contributed by atoms with van der Waals surface area (Å²) in [6.45, 7) is 1.53. The maximum atomic E-state index is 12.1. The van der Waals surface area contributed by atoms with E-state index in [0.29, 0.717) is 0 Å². The molecule has 0 saturated heterocycles. The van der Waals surface area contributed by atoms with Crippen molar-refractivity contribution in [3.63, 3.8) is 0 Å². The third kappa shape index (κ3) is 4.78. The smallest absolute Gasteiger partial charge is 0.325 e. The number of nitrogens with zero attached hydrogens (tertiary/aromatic N) is 1. The van der Waals surface area contributed by atoms with Gasteiger partial charge in [-0.3, -0.25) is 14.6 Å². The molecular formula is C19H20N2O3. The molecule has 0 saturated carbocycles. The molecule has 0 radical (unpaired) electrons. The fourth-order valence-corrected chi connectivity index (χ4v) is 2.14. The van der Waals surface area contributed by atoms with E-state index in [1.165, 1.54) is 7.11 Å². The van der Waals surface area contributed by atoms with Gasteiger partial charge in [-0.2, -0.15) is 0 Å². The van der Waals surface area contributed by atoms with Gasteiger partial charge < -0.3 is 10.1 Å². The van der Waals surface area contributed by atoms with Gasteiger partial charge in [0.25, 0.3) is 0 Å². The topological polar surface area (TPSA) is 67.8 Å². The fraction of sp³-hybridized carbons (Fsp3) is 0.211. The lowest BCUT2D eigenvalue weighted by Gasteiger charge is -2.12. The number of rotatable bonds is 6. The second-order valence-electron chi connectivity index (χ2n) is 5.18. The van der Waals surface area contributed by atoms with Crippen LogP contribution in [0.4, 0.5) is 0 Å². The summed E-state index contributed by atoms with van der Waals surface area (Å²) in [7, 11) is 1.28. The molecule has 0 aliphatic carbocycles. The Balaban J connectivity index is 2.25. The molecule has 0 aliphatic heterocycles. The average Bonchev–Trinajstić information content (AvgIpc) is 2.65. The number of ether oxygens (including phenoxy) is 1. The molecule has 0 heterocycles. The number of nitrogens with one attached hydrogen (secondary N) is 1. The van der Waals surface area contributed by atoms with Gasteiger partial charge in [0.15, 0.2) is 0 Å². The van der Waals surface area contributed by atoms with Crippen LogP contribution in [0.2, 0.25) is 0 Å². The van der Waals surface area contributed by atoms with Crippen LogP contribution in [0.25, 0.3) is 0 Å². The number of methoxy groups -OCH3 is 1. The zero-order valence-corrected chi connectivity index (χ0v) is 13.7. The summed E-state index contributed by atoms with van der Waals surface area (Å²) in [5.74, 6) is -0.823. The summed E-state index contributed by atoms with van der Waals surface area (Å²) in [5, 5.41) is 2.52. The maximum Gasteiger partial charge on any atom is 0.325 e. The van der Waals surface area contributed by atoms with Crippen molar-refractivity contribution in [1.29, 1.82) is 0 Å². The van der Waals surface area contributed by atoms with Gasteiger partial charge in [0.2, 0.25) is 5.91 Å². The van der Waals surface area contributed by atoms with Gasteiger partial charge in [-0.1, -0.05) is 60.7 Å². The second-order valence-corrected chi connectivity index (χ2v) is 5.18. The van der Waals surface area contributed by atoms with E-state index in [1.54, 1.807) is 6.92 Å². The molecular weight excluding hydrogens is 304 g/mol. The summed E-state index contributed by atoms with van der Waals surface area (Å²) in [5.41, 5.74) is 2.59. The summed E-state index contributed by atoms with van der Waals surface area (Å²) in [6.07, 6.45) is 0. The first-order chi connectivity index (χ1) is 11.6. The molecule has 1 atom stereocenters. The molecule has 5 heteroatoms. The first-order valence-corrected chi connectivity index (χ1v) is 7.65. The number of aliphatic imine (C=N–C) groups is 1. The Morgan fingerprint density at radius 3 is 1.96 bits per heavy atom. The summed E-state index contributed by atoms with van der Waals surface area (Å²) in [4.78, 5) is 27.8. The lowest BCUT2D eigenvalue weighted by molar-refractivity contribution is -0.141. The van der Waals surface area contributed by atoms with Crippen molar-refractivity contribution >= 4 is 17.6 Å². The molecule has 1 N–H and O–H groups in total. The molecule has 2 aromatic rings. The van der Waals surface area contributed by atoms with Crippen molar-refractivity contribution in [2.24, 2.45) is 4.99 Å². The van der Waals surface area contributed by atoms with Crippen LogP contribution in [0.3, 0.4) is 0 Å². The maximum absolute atomic E-state index is 12.1. The van der Waals surface area contributed by atoms with E-state index < -0.39 is 12.0 Å². The fourth-order valence-electron chi connectivity index (χ4n) is 2.14. The van der Waals surface area contributed by atoms with Crippen molar-refractivity contribution in [3.05, 3.63) is 71.8 Å². The third-order valence-corrected chi connectivity index (χ3v) is 3.43. The van der Waals surface area contributed by atoms with Crippen molar-refractivity contribution in [3.8, 4) is 0 Å². The molecule has 5 nitrogen and oxygen atoms in total. The van der Waals surface area contributed by atoms with E-state index in [2.05, 4.69) is 15.0 Å². The van der Waals surface area contributed by atoms with Crippen LogP contribution < -0.4 is 5.32 Å². The Hall–Kier alpha value is -2.95. The molecule has 1 unspecified atom stereocenters. The molecule has 2 rings (SSSR count). The highest BCUT2D eigenvalue weighted by Gasteiger charge is 2.15. The molecule has 0 bridgehead atoms. The molecule has 124 valence electrons. The van der Waals surface area contributed by atoms with Crippen LogP contribution in [-0.4, -0.2) is 37.3 Å². The van der Waals surface area contributed by atoms with Gasteiger partial charge in [0.05, 0.1) is 12.8 Å². The number of hydrogen-bond donors (Lipinski definition) is 1. The third-order valence-electron chi connectivity index (χ3n) is 3.43. The Labute approximate surface area is 141 Å². The number of benzene rings is 2. The van der Waals surface area contributed by atoms with Crippen LogP contribution >= 0.6 is 0 Å². The SMILES string of the molecule is COC(=O)CNC(=O)C(C)N=C(c1ccccc1)c1ccccc1. The Morgan fingerprint density at radius 1 is 1.00 bits per heavy atom. The zero-order chi connectivity index (χ0) is 17.4. The molecule has 0 spiro atoms. The number of esters is 1. The Kier molecular flexibility index (Phi) is 6.25. The van der Waals surface area contributed by atoms with E-state index in [-0.39, 0.29) is 12.5 Å². The van der Waals surface area contributed by atoms with E-state index in [0.717, 1.165) is 16.8 Å². The number of amides is 1. The number of carbonyl (C=O) groups excluding carboxylic acids is 2. The minimum Gasteiger partial charge on any atom is -0.468 e. The van der Waals surface area contributed by atoms with Crippen molar-refractivity contribution in [2.45, 2.75) is 13.0 Å². The lowest BCUT2D eigenvalue weighted by atomic mass is 10.0. The molecule has 0 aromatic heterocycles. The first kappa shape index (κ1) is 17.4. The van der Waals surface area contributed by atoms with Gasteiger partial charge >= 0.3 is 5.97 Å². The average molecular weight is 324 g/mol. The van der Waals surface area contributed by atoms with Gasteiger partial charge in [0, 0.05) is 11.1 Å².